The summed E-state index contributed by atoms with van der Waals surface area (Å²) in [6.07, 6.45) is 0. The topological polar surface area (TPSA) is 47.8 Å². The van der Waals surface area contributed by atoms with Crippen LogP contribution in [0, 0.1) is 0 Å². The highest BCUT2D eigenvalue weighted by Gasteiger charge is 2.21. The lowest BCUT2D eigenvalue weighted by Gasteiger charge is -2.07. The number of thiophene rings is 1. The first-order valence-electron chi connectivity index (χ1n) is 8.81. The summed E-state index contributed by atoms with van der Waals surface area (Å²) >= 11 is 27.6. The van der Waals surface area contributed by atoms with Crippen molar-refractivity contribution in [1.29, 1.82) is 0 Å². The third-order valence-corrected chi connectivity index (χ3v) is 7.79. The molecular weight excluding hydrogens is 504 g/mol. The van der Waals surface area contributed by atoms with Gasteiger partial charge in [0.25, 0.3) is 0 Å². The zero-order valence-corrected chi connectivity index (χ0v) is 20.1. The molecule has 0 fully saturated rings. The number of benzene rings is 2. The van der Waals surface area contributed by atoms with E-state index in [-0.39, 0.29) is 11.5 Å². The van der Waals surface area contributed by atoms with Gasteiger partial charge in [-0.05, 0) is 37.3 Å². The molecule has 154 valence electrons. The molecular formula is C20H13Cl4N3OS2. The first kappa shape index (κ1) is 21.9. The van der Waals surface area contributed by atoms with Crippen LogP contribution in [0.25, 0.3) is 20.8 Å². The number of Topliss-reactive ketones (excluding diaryl/α,β-unsaturated/α-hetero) is 1. The third kappa shape index (κ3) is 4.22. The number of nitrogens with zero attached hydrogens (tertiary/aromatic N) is 3. The van der Waals surface area contributed by atoms with Gasteiger partial charge in [-0.2, -0.15) is 0 Å². The van der Waals surface area contributed by atoms with Gasteiger partial charge in [-0.1, -0.05) is 64.2 Å². The highest BCUT2D eigenvalue weighted by molar-refractivity contribution is 7.99. The molecule has 4 aromatic rings. The van der Waals surface area contributed by atoms with E-state index in [1.807, 2.05) is 29.7 Å². The van der Waals surface area contributed by atoms with E-state index in [1.54, 1.807) is 18.2 Å². The molecule has 0 aliphatic carbocycles. The SMILES string of the molecule is CCn1c(SCC(=O)c2ccc(Cl)cc2Cl)nnc1-c1sc2cc(Cl)ccc2c1Cl. The molecule has 4 rings (SSSR count). The van der Waals surface area contributed by atoms with E-state index in [4.69, 9.17) is 46.4 Å². The Bertz CT molecular complexity index is 1270. The second-order valence-electron chi connectivity index (χ2n) is 6.27. The minimum absolute atomic E-state index is 0.108. The van der Waals surface area contributed by atoms with Crippen LogP contribution in [-0.4, -0.2) is 26.3 Å². The van der Waals surface area contributed by atoms with Gasteiger partial charge in [-0.25, -0.2) is 0 Å². The minimum atomic E-state index is -0.108. The largest absolute Gasteiger partial charge is 0.302 e. The summed E-state index contributed by atoms with van der Waals surface area (Å²) in [4.78, 5) is 13.4. The summed E-state index contributed by atoms with van der Waals surface area (Å²) < 4.78 is 2.93. The van der Waals surface area contributed by atoms with Crippen LogP contribution in [0.1, 0.15) is 17.3 Å². The van der Waals surface area contributed by atoms with E-state index in [0.29, 0.717) is 43.2 Å². The summed E-state index contributed by atoms with van der Waals surface area (Å²) in [6.45, 7) is 2.62. The zero-order chi connectivity index (χ0) is 21.4. The lowest BCUT2D eigenvalue weighted by molar-refractivity contribution is 0.102. The molecule has 0 aliphatic rings. The Kier molecular flexibility index (Phi) is 6.63. The molecule has 10 heteroatoms. The molecule has 0 radical (unpaired) electrons. The van der Waals surface area contributed by atoms with Crippen LogP contribution in [0.4, 0.5) is 0 Å². The second kappa shape index (κ2) is 9.07. The Balaban J connectivity index is 1.61. The van der Waals surface area contributed by atoms with Gasteiger partial charge in [0, 0.05) is 32.2 Å². The molecule has 0 aliphatic heterocycles. The Labute approximate surface area is 201 Å². The van der Waals surface area contributed by atoms with Crippen molar-refractivity contribution < 1.29 is 4.79 Å². The number of ketones is 1. The number of halogens is 4. The molecule has 0 amide bonds. The lowest BCUT2D eigenvalue weighted by Crippen LogP contribution is -2.05. The molecule has 0 spiro atoms. The maximum atomic E-state index is 12.6. The summed E-state index contributed by atoms with van der Waals surface area (Å²) in [5.41, 5.74) is 0.431. The van der Waals surface area contributed by atoms with E-state index in [2.05, 4.69) is 10.2 Å². The Morgan fingerprint density at radius 2 is 1.80 bits per heavy atom. The van der Waals surface area contributed by atoms with Crippen molar-refractivity contribution in [3.8, 4) is 10.7 Å². The zero-order valence-electron chi connectivity index (χ0n) is 15.5. The Morgan fingerprint density at radius 1 is 1.07 bits per heavy atom. The average Bonchev–Trinajstić information content (AvgIpc) is 3.26. The van der Waals surface area contributed by atoms with Crippen LogP contribution in [-0.2, 0) is 6.54 Å². The second-order valence-corrected chi connectivity index (χ2v) is 9.92. The summed E-state index contributed by atoms with van der Waals surface area (Å²) in [6, 6.07) is 10.4. The lowest BCUT2D eigenvalue weighted by atomic mass is 10.1. The van der Waals surface area contributed by atoms with Gasteiger partial charge in [0.2, 0.25) is 0 Å². The van der Waals surface area contributed by atoms with Gasteiger partial charge < -0.3 is 4.57 Å². The normalized spacial score (nSPS) is 11.4. The number of fused-ring (bicyclic) bond motifs is 1. The molecule has 2 aromatic heterocycles. The van der Waals surface area contributed by atoms with Crippen LogP contribution in [0.15, 0.2) is 41.6 Å². The average molecular weight is 517 g/mol. The van der Waals surface area contributed by atoms with Crippen molar-refractivity contribution in [2.45, 2.75) is 18.6 Å². The van der Waals surface area contributed by atoms with Crippen LogP contribution < -0.4 is 0 Å². The molecule has 0 saturated heterocycles. The van der Waals surface area contributed by atoms with E-state index in [1.165, 1.54) is 23.1 Å². The van der Waals surface area contributed by atoms with Crippen LogP contribution in [0.5, 0.6) is 0 Å². The number of rotatable bonds is 6. The van der Waals surface area contributed by atoms with Crippen molar-refractivity contribution in [2.24, 2.45) is 0 Å². The van der Waals surface area contributed by atoms with Crippen molar-refractivity contribution in [3.05, 3.63) is 62.1 Å². The maximum Gasteiger partial charge on any atom is 0.191 e. The highest BCUT2D eigenvalue weighted by Crippen LogP contribution is 2.42. The number of aromatic nitrogens is 3. The number of carbonyl (C=O) groups excluding carboxylic acids is 1. The van der Waals surface area contributed by atoms with E-state index in [0.717, 1.165) is 15.0 Å². The number of hydrogen-bond donors (Lipinski definition) is 0. The van der Waals surface area contributed by atoms with Crippen molar-refractivity contribution in [2.75, 3.05) is 5.75 Å². The monoisotopic (exact) mass is 515 g/mol. The van der Waals surface area contributed by atoms with Gasteiger partial charge in [0.05, 0.1) is 20.7 Å². The smallest absolute Gasteiger partial charge is 0.191 e. The standard InChI is InChI=1S/C20H13Cl4N3OS2/c1-2-27-19(18-17(24)13-6-4-11(22)8-16(13)30-18)25-26-20(27)29-9-15(28)12-5-3-10(21)7-14(12)23/h3-8H,2,9H2,1H3. The summed E-state index contributed by atoms with van der Waals surface area (Å²) in [5, 5.41) is 12.3. The quantitative estimate of drug-likeness (QED) is 0.194. The van der Waals surface area contributed by atoms with Crippen LogP contribution in [0.3, 0.4) is 0 Å². The maximum absolute atomic E-state index is 12.6. The van der Waals surface area contributed by atoms with Crippen molar-refractivity contribution in [3.63, 3.8) is 0 Å². The highest BCUT2D eigenvalue weighted by atomic mass is 35.5. The van der Waals surface area contributed by atoms with Gasteiger partial charge in [0.15, 0.2) is 16.8 Å². The number of hydrogen-bond acceptors (Lipinski definition) is 5. The van der Waals surface area contributed by atoms with Gasteiger partial charge in [-0.15, -0.1) is 21.5 Å². The number of carbonyl (C=O) groups is 1. The summed E-state index contributed by atoms with van der Waals surface area (Å²) in [5.74, 6) is 0.734. The van der Waals surface area contributed by atoms with E-state index < -0.39 is 0 Å². The fourth-order valence-corrected chi connectivity index (χ4v) is 6.14. The van der Waals surface area contributed by atoms with Crippen LogP contribution >= 0.6 is 69.5 Å². The molecule has 4 nitrogen and oxygen atoms in total. The van der Waals surface area contributed by atoms with Crippen molar-refractivity contribution in [1.82, 2.24) is 14.8 Å². The fraction of sp³-hybridized carbons (Fsp3) is 0.150. The number of thioether (sulfide) groups is 1. The predicted molar refractivity (Wildman–Crippen MR) is 128 cm³/mol. The molecule has 0 bridgehead atoms. The first-order valence-corrected chi connectivity index (χ1v) is 12.1. The third-order valence-electron chi connectivity index (χ3n) is 4.39. The predicted octanol–water partition coefficient (Wildman–Crippen LogP) is 7.77. The molecule has 30 heavy (non-hydrogen) atoms. The molecule has 0 atom stereocenters. The fourth-order valence-electron chi connectivity index (χ4n) is 2.95. The first-order chi connectivity index (χ1) is 14.4. The molecule has 0 saturated carbocycles. The van der Waals surface area contributed by atoms with E-state index >= 15 is 0 Å². The Morgan fingerprint density at radius 3 is 2.53 bits per heavy atom. The molecule has 0 N–H and O–H groups in total. The molecule has 2 aromatic carbocycles. The summed E-state index contributed by atoms with van der Waals surface area (Å²) in [7, 11) is 0. The van der Waals surface area contributed by atoms with Gasteiger partial charge in [0.1, 0.15) is 0 Å². The van der Waals surface area contributed by atoms with Crippen LogP contribution in [0.2, 0.25) is 20.1 Å². The van der Waals surface area contributed by atoms with Gasteiger partial charge in [-0.3, -0.25) is 4.79 Å². The minimum Gasteiger partial charge on any atom is -0.302 e. The van der Waals surface area contributed by atoms with Gasteiger partial charge >= 0.3 is 0 Å². The molecule has 2 heterocycles. The Hall–Kier alpha value is -1.28. The van der Waals surface area contributed by atoms with E-state index in [9.17, 15) is 4.79 Å². The van der Waals surface area contributed by atoms with Crippen molar-refractivity contribution >= 4 is 85.4 Å². The molecule has 0 unspecified atom stereocenters.